The number of sulfonamides is 1. The predicted molar refractivity (Wildman–Crippen MR) is 112 cm³/mol. The van der Waals surface area contributed by atoms with Crippen molar-refractivity contribution in [3.8, 4) is 11.5 Å². The van der Waals surface area contributed by atoms with Gasteiger partial charge in [0, 0.05) is 6.54 Å². The zero-order chi connectivity index (χ0) is 22.2. The Hall–Kier alpha value is -2.97. The highest BCUT2D eigenvalue weighted by molar-refractivity contribution is 7.89. The third-order valence-electron chi connectivity index (χ3n) is 5.43. The first-order valence-corrected chi connectivity index (χ1v) is 11.1. The first-order chi connectivity index (χ1) is 14.9. The van der Waals surface area contributed by atoms with Crippen LogP contribution in [0.3, 0.4) is 0 Å². The summed E-state index contributed by atoms with van der Waals surface area (Å²) in [5, 5.41) is 0. The summed E-state index contributed by atoms with van der Waals surface area (Å²) in [6.45, 7) is 0.0537. The molecule has 1 aliphatic heterocycles. The van der Waals surface area contributed by atoms with Crippen LogP contribution < -0.4 is 9.47 Å². The maximum absolute atomic E-state index is 14.5. The van der Waals surface area contributed by atoms with Crippen LogP contribution in [0, 0.1) is 11.6 Å². The van der Waals surface area contributed by atoms with Crippen LogP contribution in [0.15, 0.2) is 65.6 Å². The summed E-state index contributed by atoms with van der Waals surface area (Å²) in [4.78, 5) is -0.945. The Labute approximate surface area is 179 Å². The minimum Gasteiger partial charge on any atom is -0.493 e. The Morgan fingerprint density at radius 1 is 0.903 bits per heavy atom. The second-order valence-electron chi connectivity index (χ2n) is 7.14. The van der Waals surface area contributed by atoms with E-state index in [1.807, 2.05) is 12.1 Å². The van der Waals surface area contributed by atoms with Gasteiger partial charge in [0.2, 0.25) is 10.0 Å². The lowest BCUT2D eigenvalue weighted by Crippen LogP contribution is -2.41. The minimum absolute atomic E-state index is 0.0537. The fourth-order valence-corrected chi connectivity index (χ4v) is 5.72. The van der Waals surface area contributed by atoms with E-state index >= 15 is 0 Å². The fourth-order valence-electron chi connectivity index (χ4n) is 4.01. The van der Waals surface area contributed by atoms with Gasteiger partial charge in [0.05, 0.1) is 20.3 Å². The van der Waals surface area contributed by atoms with Gasteiger partial charge in [-0.15, -0.1) is 0 Å². The fraction of sp³-hybridized carbons (Fsp3) is 0.217. The summed E-state index contributed by atoms with van der Waals surface area (Å²) < 4.78 is 67.9. The van der Waals surface area contributed by atoms with E-state index in [9.17, 15) is 17.2 Å². The van der Waals surface area contributed by atoms with Crippen molar-refractivity contribution in [1.29, 1.82) is 0 Å². The van der Waals surface area contributed by atoms with Crippen LogP contribution in [-0.2, 0) is 16.4 Å². The molecule has 3 aromatic rings. The van der Waals surface area contributed by atoms with Crippen molar-refractivity contribution in [2.45, 2.75) is 17.4 Å². The average molecular weight is 445 g/mol. The minimum atomic E-state index is -4.49. The summed E-state index contributed by atoms with van der Waals surface area (Å²) in [6.07, 6.45) is 0.355. The third-order valence-corrected chi connectivity index (χ3v) is 7.35. The summed E-state index contributed by atoms with van der Waals surface area (Å²) in [6, 6.07) is 14.8. The van der Waals surface area contributed by atoms with Gasteiger partial charge >= 0.3 is 0 Å². The lowest BCUT2D eigenvalue weighted by Gasteiger charge is -2.37. The van der Waals surface area contributed by atoms with Crippen LogP contribution in [0.2, 0.25) is 0 Å². The van der Waals surface area contributed by atoms with Crippen LogP contribution in [0.1, 0.15) is 22.7 Å². The number of nitrogens with zero attached hydrogens (tertiary/aromatic N) is 1. The molecule has 4 rings (SSSR count). The first-order valence-electron chi connectivity index (χ1n) is 9.64. The highest BCUT2D eigenvalue weighted by atomic mass is 32.2. The molecule has 0 saturated heterocycles. The Morgan fingerprint density at radius 2 is 1.52 bits per heavy atom. The Bertz CT molecular complexity index is 1200. The average Bonchev–Trinajstić information content (AvgIpc) is 2.77. The van der Waals surface area contributed by atoms with Gasteiger partial charge in [-0.3, -0.25) is 0 Å². The van der Waals surface area contributed by atoms with Gasteiger partial charge in [0.1, 0.15) is 11.6 Å². The molecule has 8 heteroatoms. The molecule has 0 radical (unpaired) electrons. The number of halogens is 2. The largest absolute Gasteiger partial charge is 0.493 e. The van der Waals surface area contributed by atoms with Crippen molar-refractivity contribution in [1.82, 2.24) is 4.31 Å². The van der Waals surface area contributed by atoms with Gasteiger partial charge in [-0.05, 0) is 47.4 Å². The summed E-state index contributed by atoms with van der Waals surface area (Å²) >= 11 is 0. The summed E-state index contributed by atoms with van der Waals surface area (Å²) in [5.41, 5.74) is 2.23. The van der Waals surface area contributed by atoms with E-state index < -0.39 is 32.6 Å². The van der Waals surface area contributed by atoms with Crippen molar-refractivity contribution in [3.05, 3.63) is 89.0 Å². The van der Waals surface area contributed by atoms with Gasteiger partial charge in [-0.25, -0.2) is 17.2 Å². The number of methoxy groups -OCH3 is 2. The number of rotatable bonds is 5. The van der Waals surface area contributed by atoms with Gasteiger partial charge in [0.25, 0.3) is 0 Å². The van der Waals surface area contributed by atoms with Crippen molar-refractivity contribution >= 4 is 10.0 Å². The Kier molecular flexibility index (Phi) is 5.68. The number of fused-ring (bicyclic) bond motifs is 1. The maximum Gasteiger partial charge on any atom is 0.249 e. The lowest BCUT2D eigenvalue weighted by atomic mass is 9.89. The summed E-state index contributed by atoms with van der Waals surface area (Å²) in [5.74, 6) is -1.27. The van der Waals surface area contributed by atoms with Gasteiger partial charge in [-0.2, -0.15) is 4.31 Å². The van der Waals surface area contributed by atoms with Crippen molar-refractivity contribution in [3.63, 3.8) is 0 Å². The molecule has 0 aliphatic carbocycles. The molecule has 0 unspecified atom stereocenters. The van der Waals surface area contributed by atoms with Gasteiger partial charge in [-0.1, -0.05) is 36.4 Å². The van der Waals surface area contributed by atoms with Crippen molar-refractivity contribution in [2.75, 3.05) is 20.8 Å². The topological polar surface area (TPSA) is 55.8 Å². The van der Waals surface area contributed by atoms with E-state index in [0.717, 1.165) is 28.1 Å². The third kappa shape index (κ3) is 3.66. The molecule has 1 heterocycles. The molecule has 1 atom stereocenters. The van der Waals surface area contributed by atoms with E-state index in [-0.39, 0.29) is 6.54 Å². The quantitative estimate of drug-likeness (QED) is 0.587. The number of hydrogen-bond donors (Lipinski definition) is 0. The zero-order valence-corrected chi connectivity index (χ0v) is 17.8. The molecule has 0 spiro atoms. The predicted octanol–water partition coefficient (Wildman–Crippen LogP) is 4.32. The smallest absolute Gasteiger partial charge is 0.249 e. The second kappa shape index (κ2) is 8.28. The molecule has 0 bridgehead atoms. The Balaban J connectivity index is 1.94. The van der Waals surface area contributed by atoms with Crippen LogP contribution >= 0.6 is 0 Å². The van der Waals surface area contributed by atoms with E-state index in [2.05, 4.69) is 0 Å². The molecule has 1 aliphatic rings. The van der Waals surface area contributed by atoms with Gasteiger partial charge < -0.3 is 9.47 Å². The molecule has 0 amide bonds. The van der Waals surface area contributed by atoms with Crippen molar-refractivity contribution in [2.24, 2.45) is 0 Å². The van der Waals surface area contributed by atoms with E-state index in [4.69, 9.17) is 9.47 Å². The number of ether oxygens (including phenoxy) is 2. The van der Waals surface area contributed by atoms with Crippen LogP contribution in [0.4, 0.5) is 8.78 Å². The molecule has 0 N–H and O–H groups in total. The van der Waals surface area contributed by atoms with E-state index in [1.54, 1.807) is 30.3 Å². The molecule has 0 aromatic heterocycles. The van der Waals surface area contributed by atoms with Crippen molar-refractivity contribution < 1.29 is 26.7 Å². The standard InChI is InChI=1S/C23H21F2NO4S/c1-29-20-13-16-11-12-26(31(27,28)23-18(24)9-6-10-19(23)25)22(15-7-4-3-5-8-15)17(16)14-21(20)30-2/h3-10,13-14,22H,11-12H2,1-2H3/t22-/m0/s1. The monoisotopic (exact) mass is 445 g/mol. The Morgan fingerprint density at radius 3 is 2.13 bits per heavy atom. The number of benzene rings is 3. The SMILES string of the molecule is COc1cc2c(cc1OC)[C@H](c1ccccc1)N(S(=O)(=O)c1c(F)cccc1F)CC2. The van der Waals surface area contributed by atoms with Crippen LogP contribution in [0.5, 0.6) is 11.5 Å². The molecule has 5 nitrogen and oxygen atoms in total. The summed E-state index contributed by atoms with van der Waals surface area (Å²) in [7, 11) is -1.47. The second-order valence-corrected chi connectivity index (χ2v) is 8.96. The molecule has 162 valence electrons. The highest BCUT2D eigenvalue weighted by Gasteiger charge is 2.40. The van der Waals surface area contributed by atoms with E-state index in [0.29, 0.717) is 29.0 Å². The first kappa shape index (κ1) is 21.3. The normalized spacial score (nSPS) is 16.6. The lowest BCUT2D eigenvalue weighted by molar-refractivity contribution is 0.329. The molecule has 0 saturated carbocycles. The molecular formula is C23H21F2NO4S. The van der Waals surface area contributed by atoms with Crippen LogP contribution in [-0.4, -0.2) is 33.5 Å². The van der Waals surface area contributed by atoms with E-state index in [1.165, 1.54) is 14.2 Å². The highest BCUT2D eigenvalue weighted by Crippen LogP contribution is 2.43. The molecule has 31 heavy (non-hydrogen) atoms. The zero-order valence-electron chi connectivity index (χ0n) is 17.0. The molecular weight excluding hydrogens is 424 g/mol. The van der Waals surface area contributed by atoms with Gasteiger partial charge in [0.15, 0.2) is 16.4 Å². The molecule has 0 fully saturated rings. The maximum atomic E-state index is 14.5. The molecule has 3 aromatic carbocycles. The van der Waals surface area contributed by atoms with Crippen LogP contribution in [0.25, 0.3) is 0 Å². The number of hydrogen-bond acceptors (Lipinski definition) is 4.